The Balaban J connectivity index is 1.02. The van der Waals surface area contributed by atoms with Crippen molar-refractivity contribution in [2.24, 2.45) is 0 Å². The second-order valence-corrected chi connectivity index (χ2v) is 20.1. The highest BCUT2D eigenvalue weighted by atomic mass is 32.2. The lowest BCUT2D eigenvalue weighted by Crippen LogP contribution is -2.62. The minimum absolute atomic E-state index is 0.0795. The quantitative estimate of drug-likeness (QED) is 0.145. The summed E-state index contributed by atoms with van der Waals surface area (Å²) < 4.78 is 0. The number of para-hydroxylation sites is 8. The van der Waals surface area contributed by atoms with Gasteiger partial charge in [0.1, 0.15) is 5.75 Å². The van der Waals surface area contributed by atoms with E-state index in [2.05, 4.69) is 268 Å². The van der Waals surface area contributed by atoms with Crippen molar-refractivity contribution in [3.8, 4) is 16.9 Å². The van der Waals surface area contributed by atoms with Crippen molar-refractivity contribution in [2.45, 2.75) is 9.79 Å². The fourth-order valence-electron chi connectivity index (χ4n) is 11.6. The highest BCUT2D eigenvalue weighted by Gasteiger charge is 2.45. The maximum absolute atomic E-state index is 11.7. The van der Waals surface area contributed by atoms with Crippen molar-refractivity contribution in [1.82, 2.24) is 0 Å². The highest BCUT2D eigenvalue weighted by molar-refractivity contribution is 8.00. The smallest absolute Gasteiger partial charge is 0.252 e. The van der Waals surface area contributed by atoms with E-state index in [-0.39, 0.29) is 12.5 Å². The molecule has 348 valence electrons. The number of aromatic hydroxyl groups is 1. The number of nitrogens with zero attached hydrogens (tertiary/aromatic N) is 4. The molecular formula is C66H46B2N4OS. The van der Waals surface area contributed by atoms with Crippen LogP contribution < -0.4 is 46.9 Å². The van der Waals surface area contributed by atoms with Crippen LogP contribution in [0.5, 0.6) is 5.75 Å². The Morgan fingerprint density at radius 2 is 0.824 bits per heavy atom. The zero-order valence-corrected chi connectivity index (χ0v) is 41.1. The third kappa shape index (κ3) is 7.36. The molecule has 0 saturated heterocycles. The molecule has 0 bridgehead atoms. The van der Waals surface area contributed by atoms with Crippen LogP contribution in [-0.4, -0.2) is 19.1 Å². The van der Waals surface area contributed by atoms with E-state index in [1.54, 1.807) is 6.07 Å². The minimum atomic E-state index is -0.0795. The molecule has 3 heterocycles. The van der Waals surface area contributed by atoms with Gasteiger partial charge in [0, 0.05) is 77.9 Å². The maximum Gasteiger partial charge on any atom is 0.252 e. The van der Waals surface area contributed by atoms with Gasteiger partial charge in [0.15, 0.2) is 7.28 Å². The lowest BCUT2D eigenvalue weighted by molar-refractivity contribution is 0.477. The Bertz CT molecular complexity index is 3810. The van der Waals surface area contributed by atoms with Gasteiger partial charge in [0.2, 0.25) is 0 Å². The van der Waals surface area contributed by atoms with Crippen LogP contribution in [0.1, 0.15) is 0 Å². The average Bonchev–Trinajstić information content (AvgIpc) is 3.54. The Kier molecular flexibility index (Phi) is 10.7. The number of phenolic OH excluding ortho intramolecular Hbond substituents is 1. The lowest BCUT2D eigenvalue weighted by Gasteiger charge is -2.45. The number of fused-ring (bicyclic) bond motifs is 6. The zero-order chi connectivity index (χ0) is 49.1. The molecule has 0 radical (unpaired) electrons. The fraction of sp³-hybridized carbons (Fsp3) is 0. The molecule has 0 aliphatic carbocycles. The van der Waals surface area contributed by atoms with Crippen molar-refractivity contribution in [1.29, 1.82) is 0 Å². The second-order valence-electron chi connectivity index (χ2n) is 19.0. The predicted molar refractivity (Wildman–Crippen MR) is 314 cm³/mol. The van der Waals surface area contributed by atoms with Gasteiger partial charge in [-0.3, -0.25) is 0 Å². The predicted octanol–water partition coefficient (Wildman–Crippen LogP) is 13.9. The molecule has 0 unspecified atom stereocenters. The largest absolute Gasteiger partial charge is 0.507 e. The Hall–Kier alpha value is -9.10. The lowest BCUT2D eigenvalue weighted by atomic mass is 9.33. The van der Waals surface area contributed by atoms with Gasteiger partial charge in [0.05, 0.1) is 5.69 Å². The Morgan fingerprint density at radius 1 is 0.365 bits per heavy atom. The van der Waals surface area contributed by atoms with Gasteiger partial charge in [-0.25, -0.2) is 0 Å². The SMILES string of the molecule is Oc1ccccc1-c1cc(N(c2ccccc2)c2ccccc2)cc2c1Bc1cc3c(cc1S2)N(c1ccccc1)c1cc(N(c2ccccc2)c2ccccc2)cc2c1B3c1ccccc1N2c1ccccc1. The first-order valence-electron chi connectivity index (χ1n) is 25.2. The van der Waals surface area contributed by atoms with E-state index in [0.29, 0.717) is 7.28 Å². The van der Waals surface area contributed by atoms with E-state index in [0.717, 1.165) is 79.4 Å². The van der Waals surface area contributed by atoms with E-state index in [1.165, 1.54) is 37.1 Å². The first-order valence-corrected chi connectivity index (χ1v) is 26.0. The van der Waals surface area contributed by atoms with Crippen LogP contribution in [0, 0.1) is 0 Å². The van der Waals surface area contributed by atoms with Crippen LogP contribution in [0.3, 0.4) is 0 Å². The van der Waals surface area contributed by atoms with E-state index in [9.17, 15) is 5.11 Å². The Morgan fingerprint density at radius 3 is 1.36 bits per heavy atom. The van der Waals surface area contributed by atoms with Gasteiger partial charge >= 0.3 is 0 Å². The number of phenols is 1. The van der Waals surface area contributed by atoms with Crippen LogP contribution in [0.15, 0.2) is 277 Å². The topological polar surface area (TPSA) is 33.2 Å². The van der Waals surface area contributed by atoms with Gasteiger partial charge in [-0.1, -0.05) is 174 Å². The molecular weight excluding hydrogens is 918 g/mol. The number of hydrogen-bond acceptors (Lipinski definition) is 6. The summed E-state index contributed by atoms with van der Waals surface area (Å²) in [6, 6.07) is 95.6. The van der Waals surface area contributed by atoms with E-state index in [1.807, 2.05) is 23.9 Å². The van der Waals surface area contributed by atoms with Crippen molar-refractivity contribution in [2.75, 3.05) is 19.6 Å². The molecule has 0 fully saturated rings. The third-order valence-electron chi connectivity index (χ3n) is 14.7. The van der Waals surface area contributed by atoms with Crippen LogP contribution in [0.4, 0.5) is 68.2 Å². The molecule has 14 rings (SSSR count). The van der Waals surface area contributed by atoms with Crippen LogP contribution >= 0.6 is 11.8 Å². The molecule has 3 aliphatic rings. The first kappa shape index (κ1) is 43.7. The number of rotatable bonds is 9. The highest BCUT2D eigenvalue weighted by Crippen LogP contribution is 2.49. The van der Waals surface area contributed by atoms with E-state index < -0.39 is 0 Å². The molecule has 74 heavy (non-hydrogen) atoms. The van der Waals surface area contributed by atoms with Crippen LogP contribution in [-0.2, 0) is 0 Å². The molecule has 0 atom stereocenters. The monoisotopic (exact) mass is 964 g/mol. The maximum atomic E-state index is 11.7. The van der Waals surface area contributed by atoms with Crippen molar-refractivity contribution >= 4 is 121 Å². The molecule has 1 N–H and O–H groups in total. The van der Waals surface area contributed by atoms with Gasteiger partial charge in [-0.15, -0.1) is 0 Å². The molecule has 0 spiro atoms. The standard InChI is InChI=1S/C66H46B2N4OS/c73-62-38-22-19-35-53(62)54-39-51(69(45-23-7-1-8-24-45)46-25-9-2-10-26-46)42-64-65(54)67-55-43-57-59(44-63(55)74-64)72(50-33-17-6-18-34-50)61-41-52(70(47-27-11-3-12-28-47)48-29-13-4-14-30-48)40-60-66(61)68(57)56-36-20-21-37-58(56)71(60)49-31-15-5-16-32-49/h1-44,67,73H. The van der Waals surface area contributed by atoms with Crippen LogP contribution in [0.2, 0.25) is 0 Å². The molecule has 11 aromatic rings. The van der Waals surface area contributed by atoms with Gasteiger partial charge in [-0.2, -0.15) is 0 Å². The first-order chi connectivity index (χ1) is 36.6. The number of benzene rings is 11. The molecule has 0 saturated carbocycles. The number of anilines is 12. The molecule has 0 aromatic heterocycles. The summed E-state index contributed by atoms with van der Waals surface area (Å²) in [4.78, 5) is 12.1. The molecule has 8 heteroatoms. The molecule has 11 aromatic carbocycles. The second kappa shape index (κ2) is 18.2. The molecule has 3 aliphatic heterocycles. The average molecular weight is 965 g/mol. The third-order valence-corrected chi connectivity index (χ3v) is 15.9. The van der Waals surface area contributed by atoms with Gasteiger partial charge in [0.25, 0.3) is 6.71 Å². The summed E-state index contributed by atoms with van der Waals surface area (Å²) >= 11 is 1.83. The normalized spacial score (nSPS) is 12.6. The van der Waals surface area contributed by atoms with Crippen molar-refractivity contribution in [3.05, 3.63) is 267 Å². The van der Waals surface area contributed by atoms with Crippen molar-refractivity contribution < 1.29 is 5.11 Å². The Labute approximate surface area is 437 Å². The summed E-state index contributed by atoms with van der Waals surface area (Å²) in [7, 11) is 0.698. The summed E-state index contributed by atoms with van der Waals surface area (Å²) in [5.41, 5.74) is 21.3. The van der Waals surface area contributed by atoms with Crippen LogP contribution in [0.25, 0.3) is 11.1 Å². The minimum Gasteiger partial charge on any atom is -0.507 e. The molecule has 0 amide bonds. The van der Waals surface area contributed by atoms with Gasteiger partial charge in [-0.05, 0) is 137 Å². The molecule has 5 nitrogen and oxygen atoms in total. The van der Waals surface area contributed by atoms with Crippen molar-refractivity contribution in [3.63, 3.8) is 0 Å². The number of hydrogen-bond donors (Lipinski definition) is 1. The summed E-state index contributed by atoms with van der Waals surface area (Å²) in [6.45, 7) is -0.0795. The zero-order valence-electron chi connectivity index (χ0n) is 40.3. The van der Waals surface area contributed by atoms with E-state index in [4.69, 9.17) is 0 Å². The summed E-state index contributed by atoms with van der Waals surface area (Å²) in [6.07, 6.45) is 0. The fourth-order valence-corrected chi connectivity index (χ4v) is 12.7. The van der Waals surface area contributed by atoms with E-state index >= 15 is 0 Å². The van der Waals surface area contributed by atoms with Gasteiger partial charge < -0.3 is 24.7 Å². The summed E-state index contributed by atoms with van der Waals surface area (Å²) in [5, 5.41) is 11.7. The summed E-state index contributed by atoms with van der Waals surface area (Å²) in [5.74, 6) is 0.265.